The molecule has 62 heavy (non-hydrogen) atoms. The Bertz CT molecular complexity index is 2060. The largest absolute Gasteiger partial charge is 0.468 e. The lowest BCUT2D eigenvalue weighted by Crippen LogP contribution is -2.52. The van der Waals surface area contributed by atoms with Crippen molar-refractivity contribution in [3.63, 3.8) is 0 Å². The number of nitrogens with zero attached hydrogens (tertiary/aromatic N) is 8. The summed E-state index contributed by atoms with van der Waals surface area (Å²) in [6.07, 6.45) is 6.15. The number of amides is 2. The van der Waals surface area contributed by atoms with Crippen molar-refractivity contribution in [1.82, 2.24) is 38.7 Å². The zero-order valence-corrected chi connectivity index (χ0v) is 37.3. The molecule has 0 aliphatic carbocycles. The van der Waals surface area contributed by atoms with E-state index in [0.717, 1.165) is 16.8 Å². The van der Waals surface area contributed by atoms with Crippen LogP contribution in [0.1, 0.15) is 102 Å². The summed E-state index contributed by atoms with van der Waals surface area (Å²) in [5.41, 5.74) is 2.34. The number of aliphatic hydroxyl groups is 1. The zero-order valence-electron chi connectivity index (χ0n) is 37.3. The molecule has 2 saturated heterocycles. The van der Waals surface area contributed by atoms with Crippen molar-refractivity contribution in [1.29, 1.82) is 0 Å². The molecule has 0 saturated carbocycles. The highest BCUT2D eigenvalue weighted by Gasteiger charge is 2.36. The van der Waals surface area contributed by atoms with Gasteiger partial charge in [-0.2, -0.15) is 0 Å². The number of halogens is 2. The van der Waals surface area contributed by atoms with Crippen molar-refractivity contribution in [3.8, 4) is 0 Å². The summed E-state index contributed by atoms with van der Waals surface area (Å²) in [7, 11) is 1.36. The van der Waals surface area contributed by atoms with Crippen LogP contribution in [0.5, 0.6) is 0 Å². The Hall–Kier alpha value is -5.39. The summed E-state index contributed by atoms with van der Waals surface area (Å²) < 4.78 is 46.6. The number of carbonyl (C=O) groups is 3. The number of aliphatic hydroxyl groups excluding tert-OH is 1. The normalized spacial score (nSPS) is 17.3. The quantitative estimate of drug-likeness (QED) is 0.136. The van der Waals surface area contributed by atoms with Crippen LogP contribution in [-0.4, -0.2) is 139 Å². The molecule has 4 aromatic rings. The summed E-state index contributed by atoms with van der Waals surface area (Å²) in [5, 5.41) is 10.2. The molecule has 338 valence electrons. The first kappa shape index (κ1) is 47.7. The van der Waals surface area contributed by atoms with Gasteiger partial charge in [0.1, 0.15) is 22.8 Å². The van der Waals surface area contributed by atoms with Gasteiger partial charge < -0.3 is 38.3 Å². The number of hydrogen-bond acceptors (Lipinski definition) is 11. The molecule has 0 radical (unpaired) electrons. The van der Waals surface area contributed by atoms with E-state index in [1.807, 2.05) is 69.4 Å². The third kappa shape index (κ3) is 12.4. The molecule has 2 aliphatic heterocycles. The van der Waals surface area contributed by atoms with Crippen LogP contribution in [0.3, 0.4) is 0 Å². The Morgan fingerprint density at radius 1 is 0.645 bits per heavy atom. The smallest absolute Gasteiger partial charge is 0.410 e. The molecule has 2 aromatic heterocycles. The minimum atomic E-state index is -0.675. The monoisotopic (exact) mass is 864 g/mol. The highest BCUT2D eigenvalue weighted by molar-refractivity contribution is 5.77. The Morgan fingerprint density at radius 3 is 1.42 bits per heavy atom. The van der Waals surface area contributed by atoms with Gasteiger partial charge in [0.2, 0.25) is 0 Å². The van der Waals surface area contributed by atoms with Crippen LogP contribution in [0.2, 0.25) is 0 Å². The Labute approximate surface area is 363 Å². The Balaban J connectivity index is 0.000000235. The minimum Gasteiger partial charge on any atom is -0.468 e. The van der Waals surface area contributed by atoms with Crippen LogP contribution in [0.4, 0.5) is 18.4 Å². The van der Waals surface area contributed by atoms with Crippen molar-refractivity contribution in [2.45, 2.75) is 90.8 Å². The maximum absolute atomic E-state index is 13.3. The predicted octanol–water partition coefficient (Wildman–Crippen LogP) is 6.62. The summed E-state index contributed by atoms with van der Waals surface area (Å²) in [6.45, 7) is 19.1. The van der Waals surface area contributed by atoms with Crippen molar-refractivity contribution in [2.75, 3.05) is 66.1 Å². The molecule has 15 nitrogen and oxygen atoms in total. The molecular formula is C45H62F2N8O7. The maximum Gasteiger partial charge on any atom is 0.410 e. The molecule has 2 amide bonds. The van der Waals surface area contributed by atoms with E-state index < -0.39 is 23.2 Å². The van der Waals surface area contributed by atoms with Gasteiger partial charge in [-0.05, 0) is 90.8 Å². The van der Waals surface area contributed by atoms with E-state index in [-0.39, 0.29) is 48.6 Å². The standard InChI is InChI=1S/C23H31FN4O4.C22H31FN4O3/c1-16(17-6-8-18(24)9-7-17)28-15-25-14-19(28)20(21(29)31-5)26-10-12-27(13-11-26)22(30)32-23(2,3)4;1-16(17-5-7-18(23)8-6-17)27-15-24-13-19(27)20(14-28)25-9-11-26(12-10-25)21(29)30-22(2,3)4/h6-9,14-16,20H,10-13H2,1-5H3;5-8,13,15-16,20,28H,9-12,14H2,1-4H3/t2*16-,20?/m11/s1. The van der Waals surface area contributed by atoms with Gasteiger partial charge in [-0.1, -0.05) is 24.3 Å². The number of aromatic nitrogens is 4. The van der Waals surface area contributed by atoms with Crippen molar-refractivity contribution < 1.29 is 42.5 Å². The molecule has 2 aromatic carbocycles. The van der Waals surface area contributed by atoms with E-state index in [9.17, 15) is 28.3 Å². The molecule has 2 unspecified atom stereocenters. The molecule has 4 heterocycles. The summed E-state index contributed by atoms with van der Waals surface area (Å²) in [6, 6.07) is 11.5. The van der Waals surface area contributed by atoms with E-state index in [1.54, 1.807) is 59.1 Å². The van der Waals surface area contributed by atoms with Crippen LogP contribution in [0.25, 0.3) is 0 Å². The highest BCUT2D eigenvalue weighted by Crippen LogP contribution is 2.30. The molecule has 4 atom stereocenters. The average Bonchev–Trinajstić information content (AvgIpc) is 3.92. The summed E-state index contributed by atoms with van der Waals surface area (Å²) >= 11 is 0. The third-order valence-electron chi connectivity index (χ3n) is 10.9. The first-order valence-electron chi connectivity index (χ1n) is 21.0. The van der Waals surface area contributed by atoms with Gasteiger partial charge in [0.25, 0.3) is 0 Å². The molecule has 6 rings (SSSR count). The number of methoxy groups -OCH3 is 1. The first-order chi connectivity index (χ1) is 29.3. The van der Waals surface area contributed by atoms with Crippen LogP contribution in [0.15, 0.2) is 73.6 Å². The first-order valence-corrected chi connectivity index (χ1v) is 21.0. The number of piperazine rings is 2. The van der Waals surface area contributed by atoms with Gasteiger partial charge in [0.05, 0.1) is 62.1 Å². The number of benzene rings is 2. The number of hydrogen-bond donors (Lipinski definition) is 1. The fourth-order valence-corrected chi connectivity index (χ4v) is 7.55. The minimum absolute atomic E-state index is 0.0554. The fourth-order valence-electron chi connectivity index (χ4n) is 7.55. The van der Waals surface area contributed by atoms with Crippen molar-refractivity contribution in [3.05, 3.63) is 108 Å². The van der Waals surface area contributed by atoms with Crippen LogP contribution in [-0.2, 0) is 19.0 Å². The van der Waals surface area contributed by atoms with E-state index in [1.165, 1.54) is 31.4 Å². The van der Waals surface area contributed by atoms with E-state index in [2.05, 4.69) is 14.9 Å². The van der Waals surface area contributed by atoms with Gasteiger partial charge in [-0.15, -0.1) is 0 Å². The van der Waals surface area contributed by atoms with Crippen molar-refractivity contribution in [2.24, 2.45) is 0 Å². The van der Waals surface area contributed by atoms with Gasteiger partial charge in [-0.25, -0.2) is 33.1 Å². The number of ether oxygens (including phenoxy) is 3. The number of esters is 1. The molecule has 1 N–H and O–H groups in total. The second kappa shape index (κ2) is 20.7. The van der Waals surface area contributed by atoms with E-state index in [4.69, 9.17) is 14.2 Å². The van der Waals surface area contributed by atoms with Crippen LogP contribution in [0, 0.1) is 11.6 Å². The molecule has 17 heteroatoms. The molecular weight excluding hydrogens is 803 g/mol. The lowest BCUT2D eigenvalue weighted by molar-refractivity contribution is -0.148. The van der Waals surface area contributed by atoms with Gasteiger partial charge in [0.15, 0.2) is 6.04 Å². The lowest BCUT2D eigenvalue weighted by Gasteiger charge is -2.39. The number of rotatable bonds is 10. The Kier molecular flexibility index (Phi) is 15.9. The van der Waals surface area contributed by atoms with Crippen LogP contribution < -0.4 is 0 Å². The molecule has 0 spiro atoms. The number of carbonyl (C=O) groups excluding carboxylic acids is 3. The Morgan fingerprint density at radius 2 is 1.03 bits per heavy atom. The summed E-state index contributed by atoms with van der Waals surface area (Å²) in [4.78, 5) is 53.6. The molecule has 0 bridgehead atoms. The maximum atomic E-state index is 13.3. The predicted molar refractivity (Wildman–Crippen MR) is 228 cm³/mol. The molecule has 2 fully saturated rings. The molecule has 2 aliphatic rings. The zero-order chi connectivity index (χ0) is 45.4. The van der Waals surface area contributed by atoms with E-state index in [0.29, 0.717) is 58.1 Å². The number of imidazole rings is 2. The van der Waals surface area contributed by atoms with Crippen LogP contribution >= 0.6 is 0 Å². The second-order valence-electron chi connectivity index (χ2n) is 17.5. The van der Waals surface area contributed by atoms with Gasteiger partial charge in [-0.3, -0.25) is 9.80 Å². The van der Waals surface area contributed by atoms with Gasteiger partial charge in [0, 0.05) is 58.6 Å². The van der Waals surface area contributed by atoms with Gasteiger partial charge >= 0.3 is 18.2 Å². The second-order valence-corrected chi connectivity index (χ2v) is 17.5. The lowest BCUT2D eigenvalue weighted by atomic mass is 10.1. The van der Waals surface area contributed by atoms with E-state index >= 15 is 0 Å². The summed E-state index contributed by atoms with van der Waals surface area (Å²) in [5.74, 6) is -0.973. The fraction of sp³-hybridized carbons (Fsp3) is 0.533. The SMILES string of the molecule is COC(=O)C(c1cncn1[C@H](C)c1ccc(F)cc1)N1CCN(C(=O)OC(C)(C)C)CC1.C[C@H](c1ccc(F)cc1)n1cncc1C(CO)N1CCN(C(=O)OC(C)(C)C)CC1. The topological polar surface area (TPSA) is 148 Å². The average molecular weight is 865 g/mol. The van der Waals surface area contributed by atoms with Crippen molar-refractivity contribution >= 4 is 18.2 Å². The highest BCUT2D eigenvalue weighted by atomic mass is 19.1. The third-order valence-corrected chi connectivity index (χ3v) is 10.9.